The lowest BCUT2D eigenvalue weighted by Crippen LogP contribution is -2.36. The summed E-state index contributed by atoms with van der Waals surface area (Å²) < 4.78 is 5.67. The lowest BCUT2D eigenvalue weighted by molar-refractivity contribution is -0.129. The minimum atomic E-state index is -0.818. The number of Topliss-reactive ketones (excluding diaryl/α,β-unsaturated/α-hetero) is 1. The van der Waals surface area contributed by atoms with Crippen LogP contribution in [-0.4, -0.2) is 23.8 Å². The van der Waals surface area contributed by atoms with Crippen LogP contribution in [0, 0.1) is 0 Å². The molecule has 116 valence electrons. The summed E-state index contributed by atoms with van der Waals surface area (Å²) in [6.07, 6.45) is 2.13. The predicted molar refractivity (Wildman–Crippen MR) is 83.5 cm³/mol. The number of hydrogen-bond acceptors (Lipinski definition) is 3. The van der Waals surface area contributed by atoms with Crippen molar-refractivity contribution in [3.05, 3.63) is 29.8 Å². The molecule has 0 fully saturated rings. The number of rotatable bonds is 8. The summed E-state index contributed by atoms with van der Waals surface area (Å²) in [5.41, 5.74) is 0.260. The second-order valence-electron chi connectivity index (χ2n) is 5.66. The molecule has 21 heavy (non-hydrogen) atoms. The Morgan fingerprint density at radius 2 is 1.81 bits per heavy atom. The molecule has 0 radical (unpaired) electrons. The van der Waals surface area contributed by atoms with Crippen LogP contribution in [0.15, 0.2) is 24.3 Å². The van der Waals surface area contributed by atoms with Gasteiger partial charge in [0.1, 0.15) is 5.75 Å². The van der Waals surface area contributed by atoms with Gasteiger partial charge in [-0.25, -0.2) is 0 Å². The van der Waals surface area contributed by atoms with E-state index in [-0.39, 0.29) is 11.7 Å². The van der Waals surface area contributed by atoms with E-state index in [1.54, 1.807) is 13.8 Å². The molecule has 0 spiro atoms. The van der Waals surface area contributed by atoms with Crippen LogP contribution in [0.3, 0.4) is 0 Å². The first-order valence-corrected chi connectivity index (χ1v) is 7.41. The number of ketones is 1. The minimum absolute atomic E-state index is 0.0147. The average Bonchev–Trinajstić information content (AvgIpc) is 2.43. The summed E-state index contributed by atoms with van der Waals surface area (Å²) in [4.78, 5) is 23.0. The van der Waals surface area contributed by atoms with Crippen molar-refractivity contribution in [1.82, 2.24) is 5.32 Å². The number of amides is 1. The molecule has 1 rings (SSSR count). The molecule has 0 aromatic heterocycles. The van der Waals surface area contributed by atoms with Gasteiger partial charge in [-0.3, -0.25) is 9.59 Å². The molecule has 0 unspecified atom stereocenters. The van der Waals surface area contributed by atoms with E-state index in [0.717, 1.165) is 18.5 Å². The van der Waals surface area contributed by atoms with Crippen molar-refractivity contribution in [2.24, 2.45) is 0 Å². The van der Waals surface area contributed by atoms with Crippen molar-refractivity contribution in [2.45, 2.75) is 52.6 Å². The third-order valence-electron chi connectivity index (χ3n) is 3.36. The highest BCUT2D eigenvalue weighted by Crippen LogP contribution is 2.20. The number of ether oxygens (including phenoxy) is 1. The van der Waals surface area contributed by atoms with Crippen LogP contribution < -0.4 is 10.1 Å². The first kappa shape index (κ1) is 17.2. The van der Waals surface area contributed by atoms with E-state index in [1.165, 1.54) is 6.92 Å². The number of carbonyl (C=O) groups is 2. The smallest absolute Gasteiger partial charge is 0.220 e. The van der Waals surface area contributed by atoms with Crippen molar-refractivity contribution >= 4 is 11.7 Å². The fourth-order valence-electron chi connectivity index (χ4n) is 1.70. The zero-order valence-corrected chi connectivity index (χ0v) is 13.4. The Morgan fingerprint density at radius 1 is 1.19 bits per heavy atom. The van der Waals surface area contributed by atoms with Gasteiger partial charge < -0.3 is 10.1 Å². The number of nitrogens with one attached hydrogen (secondary N) is 1. The van der Waals surface area contributed by atoms with E-state index < -0.39 is 5.60 Å². The van der Waals surface area contributed by atoms with E-state index in [0.29, 0.717) is 18.6 Å². The molecule has 1 aromatic rings. The number of hydrogen-bond donors (Lipinski definition) is 1. The first-order valence-electron chi connectivity index (χ1n) is 7.41. The van der Waals surface area contributed by atoms with Crippen molar-refractivity contribution in [2.75, 3.05) is 6.54 Å². The molecule has 0 heterocycles. The molecule has 1 N–H and O–H groups in total. The summed E-state index contributed by atoms with van der Waals surface area (Å²) in [5.74, 6) is 0.725. The molecule has 1 amide bonds. The average molecular weight is 291 g/mol. The van der Waals surface area contributed by atoms with Gasteiger partial charge in [-0.1, -0.05) is 19.1 Å². The van der Waals surface area contributed by atoms with Gasteiger partial charge in [-0.15, -0.1) is 0 Å². The first-order chi connectivity index (χ1) is 9.85. The van der Waals surface area contributed by atoms with E-state index in [2.05, 4.69) is 5.32 Å². The maximum atomic E-state index is 11.5. The molecule has 0 aliphatic heterocycles. The molecule has 4 nitrogen and oxygen atoms in total. The van der Waals surface area contributed by atoms with E-state index in [9.17, 15) is 9.59 Å². The fourth-order valence-corrected chi connectivity index (χ4v) is 1.70. The molecule has 4 heteroatoms. The predicted octanol–water partition coefficient (Wildman–Crippen LogP) is 2.89. The maximum Gasteiger partial charge on any atom is 0.220 e. The molecule has 0 saturated heterocycles. The van der Waals surface area contributed by atoms with Crippen molar-refractivity contribution in [3.8, 4) is 5.75 Å². The van der Waals surface area contributed by atoms with Crippen LogP contribution >= 0.6 is 0 Å². The van der Waals surface area contributed by atoms with Gasteiger partial charge in [0.05, 0.1) is 0 Å². The Bertz CT molecular complexity index is 477. The van der Waals surface area contributed by atoms with Crippen LogP contribution in [-0.2, 0) is 16.0 Å². The normalized spacial score (nSPS) is 11.0. The molecule has 0 aliphatic rings. The van der Waals surface area contributed by atoms with Gasteiger partial charge in [-0.2, -0.15) is 0 Å². The third kappa shape index (κ3) is 5.98. The highest BCUT2D eigenvalue weighted by atomic mass is 16.5. The zero-order valence-electron chi connectivity index (χ0n) is 13.4. The molecule has 0 bridgehead atoms. The van der Waals surface area contributed by atoms with Gasteiger partial charge in [0.15, 0.2) is 11.4 Å². The second-order valence-corrected chi connectivity index (χ2v) is 5.66. The summed E-state index contributed by atoms with van der Waals surface area (Å²) in [6.45, 7) is 7.78. The van der Waals surface area contributed by atoms with Crippen molar-refractivity contribution in [1.29, 1.82) is 0 Å². The largest absolute Gasteiger partial charge is 0.480 e. The Kier molecular flexibility index (Phi) is 6.40. The Hall–Kier alpha value is -1.84. The number of carbonyl (C=O) groups excluding carboxylic acids is 2. The van der Waals surface area contributed by atoms with Crippen molar-refractivity contribution < 1.29 is 14.3 Å². The van der Waals surface area contributed by atoms with Crippen LogP contribution in [0.5, 0.6) is 5.75 Å². The lowest BCUT2D eigenvalue weighted by atomic mass is 10.0. The van der Waals surface area contributed by atoms with E-state index in [1.807, 2.05) is 31.2 Å². The van der Waals surface area contributed by atoms with Crippen LogP contribution in [0.4, 0.5) is 0 Å². The van der Waals surface area contributed by atoms with Gasteiger partial charge >= 0.3 is 0 Å². The van der Waals surface area contributed by atoms with Crippen LogP contribution in [0.1, 0.15) is 46.1 Å². The van der Waals surface area contributed by atoms with Gasteiger partial charge in [0, 0.05) is 13.0 Å². The summed E-state index contributed by atoms with van der Waals surface area (Å²) in [5, 5.41) is 2.86. The Labute approximate surface area is 126 Å². The van der Waals surface area contributed by atoms with E-state index >= 15 is 0 Å². The quantitative estimate of drug-likeness (QED) is 0.801. The monoisotopic (exact) mass is 291 g/mol. The molecule has 1 aromatic carbocycles. The maximum absolute atomic E-state index is 11.5. The number of aryl methyl sites for hydroxylation is 1. The number of benzene rings is 1. The SMILES string of the molecule is CCCNC(=O)CCc1ccc(OC(C)(C)C(C)=O)cc1. The molecular formula is C17H25NO3. The van der Waals surface area contributed by atoms with Crippen molar-refractivity contribution in [3.63, 3.8) is 0 Å². The van der Waals surface area contributed by atoms with E-state index in [4.69, 9.17) is 4.74 Å². The molecule has 0 atom stereocenters. The zero-order chi connectivity index (χ0) is 15.9. The standard InChI is InChI=1S/C17H25NO3/c1-5-12-18-16(20)11-8-14-6-9-15(10-7-14)21-17(3,4)13(2)19/h6-7,9-10H,5,8,11-12H2,1-4H3,(H,18,20). The highest BCUT2D eigenvalue weighted by Gasteiger charge is 2.25. The Morgan fingerprint density at radius 3 is 2.33 bits per heavy atom. The third-order valence-corrected chi connectivity index (χ3v) is 3.36. The second kappa shape index (κ2) is 7.81. The summed E-state index contributed by atoms with van der Waals surface area (Å²) in [6, 6.07) is 7.53. The van der Waals surface area contributed by atoms with Gasteiger partial charge in [0.2, 0.25) is 5.91 Å². The lowest BCUT2D eigenvalue weighted by Gasteiger charge is -2.23. The molecular weight excluding hydrogens is 266 g/mol. The van der Waals surface area contributed by atoms with Crippen LogP contribution in [0.25, 0.3) is 0 Å². The fraction of sp³-hybridized carbons (Fsp3) is 0.529. The van der Waals surface area contributed by atoms with Crippen LogP contribution in [0.2, 0.25) is 0 Å². The minimum Gasteiger partial charge on any atom is -0.480 e. The molecule has 0 saturated carbocycles. The van der Waals surface area contributed by atoms with Gasteiger partial charge in [0.25, 0.3) is 0 Å². The molecule has 0 aliphatic carbocycles. The topological polar surface area (TPSA) is 55.4 Å². The summed E-state index contributed by atoms with van der Waals surface area (Å²) in [7, 11) is 0. The van der Waals surface area contributed by atoms with Gasteiger partial charge in [-0.05, 0) is 51.3 Å². The summed E-state index contributed by atoms with van der Waals surface area (Å²) >= 11 is 0. The Balaban J connectivity index is 2.51. The highest BCUT2D eigenvalue weighted by molar-refractivity contribution is 5.84.